The van der Waals surface area contributed by atoms with E-state index in [4.69, 9.17) is 0 Å². The molecular weight excluding hydrogens is 200 g/mol. The third-order valence-electron chi connectivity index (χ3n) is 5.78. The number of hydrogen-bond donors (Lipinski definition) is 0. The van der Waals surface area contributed by atoms with Crippen LogP contribution in [0.5, 0.6) is 0 Å². The molecule has 3 nitrogen and oxygen atoms in total. The van der Waals surface area contributed by atoms with Crippen molar-refractivity contribution in [3.05, 3.63) is 0 Å². The van der Waals surface area contributed by atoms with Crippen LogP contribution in [-0.4, -0.2) is 24.7 Å². The monoisotopic (exact) mass is 210 g/mol. The van der Waals surface area contributed by atoms with E-state index < -0.39 is 9.84 Å². The Morgan fingerprint density at radius 3 is 2.57 bits per heavy atom. The van der Waals surface area contributed by atoms with Crippen molar-refractivity contribution in [3.8, 4) is 0 Å². The predicted molar refractivity (Wildman–Crippen MR) is 47.1 cm³/mol. The van der Waals surface area contributed by atoms with Crippen LogP contribution in [0.2, 0.25) is 0 Å². The molecule has 0 aromatic carbocycles. The highest BCUT2D eigenvalue weighted by Gasteiger charge is 2.86. The predicted octanol–water partition coefficient (Wildman–Crippen LogP) is -0.137. The molecule has 5 rings (SSSR count). The summed E-state index contributed by atoms with van der Waals surface area (Å²) in [7, 11) is -2.90. The minimum atomic E-state index is -2.90. The van der Waals surface area contributed by atoms with Crippen molar-refractivity contribution in [3.63, 3.8) is 0 Å². The molecule has 0 amide bonds. The third kappa shape index (κ3) is 0.369. The van der Waals surface area contributed by atoms with Crippen LogP contribution in [0, 0.1) is 35.5 Å². The molecule has 1 saturated heterocycles. The van der Waals surface area contributed by atoms with Crippen LogP contribution >= 0.6 is 0 Å². The van der Waals surface area contributed by atoms with E-state index in [-0.39, 0.29) is 22.3 Å². The van der Waals surface area contributed by atoms with Gasteiger partial charge in [-0.3, -0.25) is 4.79 Å². The molecule has 4 saturated carbocycles. The Kier molecular flexibility index (Phi) is 0.752. The van der Waals surface area contributed by atoms with E-state index in [1.807, 2.05) is 0 Å². The number of Topliss-reactive ketones (excluding diaryl/α,β-unsaturated/α-hetero) is 1. The Balaban J connectivity index is 1.95. The summed E-state index contributed by atoms with van der Waals surface area (Å²) in [6.45, 7) is 0. The van der Waals surface area contributed by atoms with E-state index in [0.29, 0.717) is 29.5 Å². The molecule has 4 aliphatic carbocycles. The highest BCUT2D eigenvalue weighted by Crippen LogP contribution is 2.78. The number of hydrogen-bond acceptors (Lipinski definition) is 3. The number of carbonyl (C=O) groups is 1. The quantitative estimate of drug-likeness (QED) is 0.559. The van der Waals surface area contributed by atoms with Gasteiger partial charge in [-0.1, -0.05) is 0 Å². The fraction of sp³-hybridized carbons (Fsp3) is 0.900. The Morgan fingerprint density at radius 2 is 1.79 bits per heavy atom. The SMILES string of the molecule is O=C1[C@@H]2[C@H]3C[C@H]4[C@@H]5[C@@H]3[C@@H]1[C@@H]5S(=O)(=O)[C@H]42. The van der Waals surface area contributed by atoms with Gasteiger partial charge < -0.3 is 0 Å². The zero-order chi connectivity index (χ0) is 9.40. The average Bonchev–Trinajstić information content (AvgIpc) is 2.52. The molecule has 2 bridgehead atoms. The molecule has 1 heterocycles. The number of sulfone groups is 1. The van der Waals surface area contributed by atoms with Crippen molar-refractivity contribution in [2.45, 2.75) is 16.9 Å². The molecular formula is C10H10O3S. The normalized spacial score (nSPS) is 73.3. The van der Waals surface area contributed by atoms with Crippen LogP contribution in [0.1, 0.15) is 6.42 Å². The number of fused-ring (bicyclic) bond motifs is 2. The van der Waals surface area contributed by atoms with Gasteiger partial charge in [0.05, 0.1) is 10.5 Å². The van der Waals surface area contributed by atoms with E-state index >= 15 is 0 Å². The van der Waals surface area contributed by atoms with Crippen LogP contribution in [0.25, 0.3) is 0 Å². The van der Waals surface area contributed by atoms with Crippen LogP contribution in [-0.2, 0) is 14.6 Å². The molecule has 14 heavy (non-hydrogen) atoms. The standard InChI is InChI=1S/C10H10O3S/c11-8-6-2-1-3-5-4(2)7(8)10(5)14(12,13)9(3)6/h2-7,9-10H,1H2/t2-,3-,4+,5+,6-,7-,9+,10+/m0/s1. The van der Waals surface area contributed by atoms with E-state index in [0.717, 1.165) is 6.42 Å². The fourth-order valence-corrected chi connectivity index (χ4v) is 9.16. The first kappa shape index (κ1) is 6.99. The molecule has 0 aromatic heterocycles. The van der Waals surface area contributed by atoms with Gasteiger partial charge in [-0.2, -0.15) is 0 Å². The second kappa shape index (κ2) is 1.51. The second-order valence-electron chi connectivity index (χ2n) is 5.69. The van der Waals surface area contributed by atoms with Crippen LogP contribution in [0.15, 0.2) is 0 Å². The van der Waals surface area contributed by atoms with Gasteiger partial charge in [0.2, 0.25) is 0 Å². The molecule has 0 spiro atoms. The Bertz CT molecular complexity index is 493. The molecule has 0 N–H and O–H groups in total. The lowest BCUT2D eigenvalue weighted by atomic mass is 9.64. The fourth-order valence-electron chi connectivity index (χ4n) is 5.73. The number of carbonyl (C=O) groups excluding carboxylic acids is 1. The topological polar surface area (TPSA) is 51.2 Å². The van der Waals surface area contributed by atoms with Gasteiger partial charge in [0, 0.05) is 11.8 Å². The summed E-state index contributed by atoms with van der Waals surface area (Å²) in [6, 6.07) is 0. The van der Waals surface area contributed by atoms with Crippen molar-refractivity contribution in [2.75, 3.05) is 0 Å². The summed E-state index contributed by atoms with van der Waals surface area (Å²) >= 11 is 0. The molecule has 0 radical (unpaired) electrons. The van der Waals surface area contributed by atoms with Gasteiger partial charge in [-0.15, -0.1) is 0 Å². The van der Waals surface area contributed by atoms with E-state index in [1.165, 1.54) is 0 Å². The largest absolute Gasteiger partial charge is 0.299 e. The summed E-state index contributed by atoms with van der Waals surface area (Å²) in [5.74, 6) is 1.97. The van der Waals surface area contributed by atoms with Gasteiger partial charge in [0.15, 0.2) is 9.84 Å². The van der Waals surface area contributed by atoms with Crippen molar-refractivity contribution in [1.29, 1.82) is 0 Å². The summed E-state index contributed by atoms with van der Waals surface area (Å²) < 4.78 is 24.2. The first-order valence-corrected chi connectivity index (χ1v) is 7.01. The minimum absolute atomic E-state index is 0.0521. The Hall–Kier alpha value is -0.380. The van der Waals surface area contributed by atoms with E-state index in [9.17, 15) is 13.2 Å². The summed E-state index contributed by atoms with van der Waals surface area (Å²) in [5, 5.41) is -0.455. The molecule has 0 aromatic rings. The van der Waals surface area contributed by atoms with Crippen LogP contribution in [0.3, 0.4) is 0 Å². The molecule has 0 unspecified atom stereocenters. The lowest BCUT2D eigenvalue weighted by Gasteiger charge is -2.42. The van der Waals surface area contributed by atoms with Crippen molar-refractivity contribution in [1.82, 2.24) is 0 Å². The maximum Gasteiger partial charge on any atom is 0.158 e. The van der Waals surface area contributed by atoms with Gasteiger partial charge in [0.25, 0.3) is 0 Å². The molecule has 5 aliphatic rings. The Labute approximate surface area is 81.8 Å². The maximum atomic E-state index is 12.1. The van der Waals surface area contributed by atoms with Gasteiger partial charge >= 0.3 is 0 Å². The first-order valence-electron chi connectivity index (χ1n) is 5.40. The second-order valence-corrected chi connectivity index (χ2v) is 7.96. The smallest absolute Gasteiger partial charge is 0.158 e. The third-order valence-corrected chi connectivity index (χ3v) is 8.55. The lowest BCUT2D eigenvalue weighted by molar-refractivity contribution is -0.126. The van der Waals surface area contributed by atoms with Crippen molar-refractivity contribution >= 4 is 15.6 Å². The highest BCUT2D eigenvalue weighted by atomic mass is 32.2. The zero-order valence-electron chi connectivity index (χ0n) is 7.46. The van der Waals surface area contributed by atoms with Crippen molar-refractivity contribution < 1.29 is 13.2 Å². The maximum absolute atomic E-state index is 12.1. The average molecular weight is 210 g/mol. The lowest BCUT2D eigenvalue weighted by Crippen LogP contribution is -2.52. The zero-order valence-corrected chi connectivity index (χ0v) is 8.28. The molecule has 74 valence electrons. The van der Waals surface area contributed by atoms with Crippen LogP contribution < -0.4 is 0 Å². The van der Waals surface area contributed by atoms with Gasteiger partial charge in [0.1, 0.15) is 5.78 Å². The number of ketones is 1. The van der Waals surface area contributed by atoms with Gasteiger partial charge in [-0.05, 0) is 30.1 Å². The highest BCUT2D eigenvalue weighted by molar-refractivity contribution is 7.93. The number of rotatable bonds is 0. The minimum Gasteiger partial charge on any atom is -0.299 e. The first-order chi connectivity index (χ1) is 6.64. The molecule has 8 atom stereocenters. The van der Waals surface area contributed by atoms with E-state index in [1.54, 1.807) is 0 Å². The molecule has 1 aliphatic heterocycles. The van der Waals surface area contributed by atoms with Crippen molar-refractivity contribution in [2.24, 2.45) is 35.5 Å². The summed E-state index contributed by atoms with van der Waals surface area (Å²) in [6.07, 6.45) is 1.04. The van der Waals surface area contributed by atoms with Crippen LogP contribution in [0.4, 0.5) is 0 Å². The molecule has 5 fully saturated rings. The molecule has 4 heteroatoms. The summed E-state index contributed by atoms with van der Waals surface area (Å²) in [4.78, 5) is 11.9. The Morgan fingerprint density at radius 1 is 1.00 bits per heavy atom. The van der Waals surface area contributed by atoms with Gasteiger partial charge in [-0.25, -0.2) is 8.42 Å². The summed E-state index contributed by atoms with van der Waals surface area (Å²) in [5.41, 5.74) is 0. The van der Waals surface area contributed by atoms with E-state index in [2.05, 4.69) is 0 Å².